The van der Waals surface area contributed by atoms with E-state index in [1.807, 2.05) is 0 Å². The van der Waals surface area contributed by atoms with Crippen LogP contribution in [0.1, 0.15) is 11.6 Å². The third kappa shape index (κ3) is 2.53. The first-order chi connectivity index (χ1) is 7.43. The largest absolute Gasteiger partial charge is 0.479 e. The fourth-order valence-corrected chi connectivity index (χ4v) is 1.15. The molecular formula is C9H10N2O5. The van der Waals surface area contributed by atoms with E-state index in [9.17, 15) is 14.9 Å². The number of aliphatic hydroxyl groups excluding tert-OH is 1. The van der Waals surface area contributed by atoms with Gasteiger partial charge in [0.05, 0.1) is 11.0 Å². The van der Waals surface area contributed by atoms with E-state index in [1.165, 1.54) is 24.3 Å². The van der Waals surface area contributed by atoms with Crippen LogP contribution in [0, 0.1) is 10.1 Å². The summed E-state index contributed by atoms with van der Waals surface area (Å²) in [6.07, 6.45) is -1.73. The fourth-order valence-electron chi connectivity index (χ4n) is 1.15. The van der Waals surface area contributed by atoms with E-state index < -0.39 is 23.0 Å². The van der Waals surface area contributed by atoms with E-state index in [2.05, 4.69) is 0 Å². The van der Waals surface area contributed by atoms with E-state index in [0.717, 1.165) is 0 Å². The zero-order chi connectivity index (χ0) is 12.3. The Morgan fingerprint density at radius 2 is 1.88 bits per heavy atom. The van der Waals surface area contributed by atoms with Gasteiger partial charge in [0.15, 0.2) is 6.10 Å². The summed E-state index contributed by atoms with van der Waals surface area (Å²) in [5.74, 6) is -1.44. The van der Waals surface area contributed by atoms with Crippen LogP contribution in [0.25, 0.3) is 0 Å². The van der Waals surface area contributed by atoms with Crippen molar-refractivity contribution >= 4 is 11.7 Å². The van der Waals surface area contributed by atoms with Crippen LogP contribution in [0.4, 0.5) is 5.69 Å². The minimum atomic E-state index is -1.73. The van der Waals surface area contributed by atoms with Gasteiger partial charge in [-0.25, -0.2) is 4.79 Å². The number of nitrogens with two attached hydrogens (primary N) is 1. The Bertz CT molecular complexity index is 403. The van der Waals surface area contributed by atoms with Crippen LogP contribution in [0.5, 0.6) is 0 Å². The number of aliphatic hydroxyl groups is 1. The van der Waals surface area contributed by atoms with Crippen molar-refractivity contribution in [3.63, 3.8) is 0 Å². The normalized spacial score (nSPS) is 14.1. The second-order valence-corrected chi connectivity index (χ2v) is 3.16. The average Bonchev–Trinajstić information content (AvgIpc) is 2.27. The van der Waals surface area contributed by atoms with Crippen LogP contribution < -0.4 is 5.73 Å². The van der Waals surface area contributed by atoms with Crippen molar-refractivity contribution in [1.29, 1.82) is 0 Å². The lowest BCUT2D eigenvalue weighted by molar-refractivity contribution is -0.384. The minimum absolute atomic E-state index is 0.124. The van der Waals surface area contributed by atoms with Gasteiger partial charge in [-0.15, -0.1) is 0 Å². The highest BCUT2D eigenvalue weighted by molar-refractivity contribution is 5.73. The summed E-state index contributed by atoms with van der Waals surface area (Å²) < 4.78 is 0. The Kier molecular flexibility index (Phi) is 3.54. The monoisotopic (exact) mass is 226 g/mol. The molecule has 0 saturated carbocycles. The van der Waals surface area contributed by atoms with Crippen molar-refractivity contribution in [3.8, 4) is 0 Å². The van der Waals surface area contributed by atoms with Crippen LogP contribution in [-0.2, 0) is 4.79 Å². The Morgan fingerprint density at radius 1 is 1.38 bits per heavy atom. The van der Waals surface area contributed by atoms with Gasteiger partial charge in [-0.1, -0.05) is 12.1 Å². The van der Waals surface area contributed by atoms with E-state index >= 15 is 0 Å². The maximum absolute atomic E-state index is 10.5. The fraction of sp³-hybridized carbons (Fsp3) is 0.222. The molecule has 16 heavy (non-hydrogen) atoms. The lowest BCUT2D eigenvalue weighted by Crippen LogP contribution is -2.33. The molecule has 0 aliphatic carbocycles. The predicted molar refractivity (Wildman–Crippen MR) is 53.7 cm³/mol. The Balaban J connectivity index is 2.89. The zero-order valence-electron chi connectivity index (χ0n) is 8.11. The molecule has 0 aromatic heterocycles. The number of nitrogens with zero attached hydrogens (tertiary/aromatic N) is 1. The number of hydrogen-bond acceptors (Lipinski definition) is 5. The summed E-state index contributed by atoms with van der Waals surface area (Å²) in [6, 6.07) is 3.91. The summed E-state index contributed by atoms with van der Waals surface area (Å²) >= 11 is 0. The SMILES string of the molecule is N[C@@H](c1ccc([N+](=O)[O-])cc1)[C@H](O)C(=O)O. The van der Waals surface area contributed by atoms with Crippen LogP contribution in [0.15, 0.2) is 24.3 Å². The molecule has 0 radical (unpaired) electrons. The molecular weight excluding hydrogens is 216 g/mol. The van der Waals surface area contributed by atoms with Gasteiger partial charge in [0.25, 0.3) is 5.69 Å². The highest BCUT2D eigenvalue weighted by atomic mass is 16.6. The van der Waals surface area contributed by atoms with Gasteiger partial charge in [-0.3, -0.25) is 10.1 Å². The average molecular weight is 226 g/mol. The maximum atomic E-state index is 10.5. The molecule has 2 atom stereocenters. The Labute approximate surface area is 90.3 Å². The van der Waals surface area contributed by atoms with Crippen molar-refractivity contribution in [3.05, 3.63) is 39.9 Å². The first-order valence-corrected chi connectivity index (χ1v) is 4.34. The van der Waals surface area contributed by atoms with Gasteiger partial charge in [-0.05, 0) is 5.56 Å². The molecule has 1 rings (SSSR count). The highest BCUT2D eigenvalue weighted by Crippen LogP contribution is 2.18. The molecule has 0 saturated heterocycles. The van der Waals surface area contributed by atoms with Gasteiger partial charge in [0, 0.05) is 12.1 Å². The topological polar surface area (TPSA) is 127 Å². The van der Waals surface area contributed by atoms with Gasteiger partial charge in [0.2, 0.25) is 0 Å². The second kappa shape index (κ2) is 4.69. The molecule has 0 amide bonds. The van der Waals surface area contributed by atoms with Gasteiger partial charge < -0.3 is 15.9 Å². The van der Waals surface area contributed by atoms with E-state index in [0.29, 0.717) is 5.56 Å². The van der Waals surface area contributed by atoms with Crippen LogP contribution in [0.2, 0.25) is 0 Å². The molecule has 1 aromatic rings. The summed E-state index contributed by atoms with van der Waals surface area (Å²) in [7, 11) is 0. The number of nitro groups is 1. The molecule has 0 spiro atoms. The number of hydrogen-bond donors (Lipinski definition) is 3. The van der Waals surface area contributed by atoms with Crippen LogP contribution in [0.3, 0.4) is 0 Å². The van der Waals surface area contributed by atoms with Crippen molar-refractivity contribution < 1.29 is 19.9 Å². The molecule has 0 aliphatic heterocycles. The van der Waals surface area contributed by atoms with E-state index in [1.54, 1.807) is 0 Å². The molecule has 0 bridgehead atoms. The van der Waals surface area contributed by atoms with Gasteiger partial charge >= 0.3 is 5.97 Å². The van der Waals surface area contributed by atoms with E-state index in [4.69, 9.17) is 15.9 Å². The maximum Gasteiger partial charge on any atom is 0.334 e. The molecule has 0 heterocycles. The smallest absolute Gasteiger partial charge is 0.334 e. The third-order valence-electron chi connectivity index (χ3n) is 2.08. The molecule has 1 aromatic carbocycles. The molecule has 0 aliphatic rings. The quantitative estimate of drug-likeness (QED) is 0.491. The van der Waals surface area contributed by atoms with Gasteiger partial charge in [-0.2, -0.15) is 0 Å². The molecule has 7 heteroatoms. The molecule has 0 unspecified atom stereocenters. The molecule has 0 fully saturated rings. The summed E-state index contributed by atoms with van der Waals surface area (Å²) in [5.41, 5.74) is 5.66. The number of carboxylic acid groups (broad SMARTS) is 1. The first kappa shape index (κ1) is 12.1. The number of aliphatic carboxylic acids is 1. The summed E-state index contributed by atoms with van der Waals surface area (Å²) in [5, 5.41) is 28.0. The zero-order valence-corrected chi connectivity index (χ0v) is 8.11. The van der Waals surface area contributed by atoms with Crippen molar-refractivity contribution in [2.45, 2.75) is 12.1 Å². The lowest BCUT2D eigenvalue weighted by atomic mass is 10.0. The van der Waals surface area contributed by atoms with Gasteiger partial charge in [0.1, 0.15) is 0 Å². The number of carbonyl (C=O) groups is 1. The molecule has 7 nitrogen and oxygen atoms in total. The lowest BCUT2D eigenvalue weighted by Gasteiger charge is -2.14. The Hall–Kier alpha value is -1.99. The van der Waals surface area contributed by atoms with Crippen LogP contribution in [-0.4, -0.2) is 27.2 Å². The van der Waals surface area contributed by atoms with Crippen molar-refractivity contribution in [2.24, 2.45) is 5.73 Å². The number of carboxylic acids is 1. The second-order valence-electron chi connectivity index (χ2n) is 3.16. The highest BCUT2D eigenvalue weighted by Gasteiger charge is 2.23. The minimum Gasteiger partial charge on any atom is -0.479 e. The summed E-state index contributed by atoms with van der Waals surface area (Å²) in [4.78, 5) is 20.2. The first-order valence-electron chi connectivity index (χ1n) is 4.34. The van der Waals surface area contributed by atoms with Crippen molar-refractivity contribution in [1.82, 2.24) is 0 Å². The number of rotatable bonds is 4. The number of non-ortho nitro benzene ring substituents is 1. The molecule has 4 N–H and O–H groups in total. The standard InChI is InChI=1S/C9H10N2O5/c10-7(8(12)9(13)14)5-1-3-6(4-2-5)11(15)16/h1-4,7-8,12H,10H2,(H,13,14)/t7-,8-/m0/s1. The third-order valence-corrected chi connectivity index (χ3v) is 2.08. The van der Waals surface area contributed by atoms with Crippen molar-refractivity contribution in [2.75, 3.05) is 0 Å². The number of benzene rings is 1. The predicted octanol–water partition coefficient (Wildman–Crippen LogP) is 0.0401. The number of nitro benzene ring substituents is 1. The molecule has 86 valence electrons. The van der Waals surface area contributed by atoms with E-state index in [-0.39, 0.29) is 5.69 Å². The summed E-state index contributed by atoms with van der Waals surface area (Å²) in [6.45, 7) is 0. The van der Waals surface area contributed by atoms with Crippen LogP contribution >= 0.6 is 0 Å². The Morgan fingerprint density at radius 3 is 2.25 bits per heavy atom.